The smallest absolute Gasteiger partial charge is 0.408 e. The molecule has 0 spiro atoms. The van der Waals surface area contributed by atoms with E-state index in [2.05, 4.69) is 10.6 Å². The molecule has 0 aliphatic rings. The number of nitrogens with zero attached hydrogens (tertiary/aromatic N) is 2. The highest BCUT2D eigenvalue weighted by molar-refractivity contribution is 5.92. The summed E-state index contributed by atoms with van der Waals surface area (Å²) in [5.41, 5.74) is 4.50. The molecule has 2 unspecified atom stereocenters. The van der Waals surface area contributed by atoms with Gasteiger partial charge in [-0.25, -0.2) is 4.79 Å². The number of phenols is 1. The Hall–Kier alpha value is -4.34. The number of hydrogen-bond donors (Lipinski definition) is 4. The molecule has 0 aliphatic heterocycles. The van der Waals surface area contributed by atoms with Crippen LogP contribution in [-0.2, 0) is 28.7 Å². The van der Waals surface area contributed by atoms with Gasteiger partial charge in [0.25, 0.3) is 0 Å². The zero-order valence-corrected chi connectivity index (χ0v) is 22.0. The molecule has 208 valence electrons. The Morgan fingerprint density at radius 1 is 1.18 bits per heavy atom. The van der Waals surface area contributed by atoms with Gasteiger partial charge in [-0.1, -0.05) is 12.1 Å². The monoisotopic (exact) mass is 533 g/mol. The van der Waals surface area contributed by atoms with Crippen molar-refractivity contribution in [3.05, 3.63) is 29.8 Å². The van der Waals surface area contributed by atoms with E-state index in [-0.39, 0.29) is 43.7 Å². The van der Waals surface area contributed by atoms with E-state index in [9.17, 15) is 34.3 Å². The summed E-state index contributed by atoms with van der Waals surface area (Å²) in [5, 5.41) is 24.4. The second kappa shape index (κ2) is 15.0. The first-order valence-corrected chi connectivity index (χ1v) is 12.0. The number of esters is 1. The van der Waals surface area contributed by atoms with Gasteiger partial charge in [-0.3, -0.25) is 19.2 Å². The van der Waals surface area contributed by atoms with E-state index in [1.807, 2.05) is 6.07 Å². The van der Waals surface area contributed by atoms with E-state index in [4.69, 9.17) is 15.2 Å². The average molecular weight is 534 g/mol. The SMILES string of the molecule is CCOC(=O)CCNC(=O)C(c1cccc(O)c1)N(CC#N)C(=O)C(CCC(N)=O)NC(=O)OC(C)(C)C. The average Bonchev–Trinajstić information content (AvgIpc) is 2.80. The number of ether oxygens (including phenoxy) is 2. The van der Waals surface area contributed by atoms with Crippen molar-refractivity contribution in [1.29, 1.82) is 5.26 Å². The highest BCUT2D eigenvalue weighted by Crippen LogP contribution is 2.26. The normalized spacial score (nSPS) is 12.3. The molecule has 13 heteroatoms. The third kappa shape index (κ3) is 11.2. The summed E-state index contributed by atoms with van der Waals surface area (Å²) in [6.07, 6.45) is -1.60. The molecule has 13 nitrogen and oxygen atoms in total. The predicted octanol–water partition coefficient (Wildman–Crippen LogP) is 1.01. The molecule has 0 bridgehead atoms. The van der Waals surface area contributed by atoms with E-state index < -0.39 is 54.0 Å². The fraction of sp³-hybridized carbons (Fsp3) is 0.520. The maximum absolute atomic E-state index is 13.7. The maximum atomic E-state index is 13.7. The van der Waals surface area contributed by atoms with Gasteiger partial charge in [-0.05, 0) is 51.8 Å². The number of carbonyl (C=O) groups is 5. The molecule has 1 aromatic carbocycles. The van der Waals surface area contributed by atoms with Crippen molar-refractivity contribution in [2.45, 2.75) is 64.6 Å². The van der Waals surface area contributed by atoms with Gasteiger partial charge in [0, 0.05) is 13.0 Å². The molecule has 5 N–H and O–H groups in total. The van der Waals surface area contributed by atoms with Crippen molar-refractivity contribution in [2.24, 2.45) is 5.73 Å². The van der Waals surface area contributed by atoms with Crippen LogP contribution in [0.4, 0.5) is 4.79 Å². The molecular weight excluding hydrogens is 498 g/mol. The first-order valence-electron chi connectivity index (χ1n) is 12.0. The summed E-state index contributed by atoms with van der Waals surface area (Å²) >= 11 is 0. The van der Waals surface area contributed by atoms with Crippen LogP contribution in [0.15, 0.2) is 24.3 Å². The summed E-state index contributed by atoms with van der Waals surface area (Å²) in [6, 6.07) is 4.52. The van der Waals surface area contributed by atoms with Crippen LogP contribution in [0.1, 0.15) is 58.6 Å². The Labute approximate surface area is 221 Å². The minimum atomic E-state index is -1.44. The summed E-state index contributed by atoms with van der Waals surface area (Å²) in [4.78, 5) is 63.4. The lowest BCUT2D eigenvalue weighted by atomic mass is 10.0. The quantitative estimate of drug-likeness (QED) is 0.211. The Morgan fingerprint density at radius 3 is 2.42 bits per heavy atom. The summed E-state index contributed by atoms with van der Waals surface area (Å²) in [7, 11) is 0. The number of phenolic OH excluding ortho intramolecular Hbond substituents is 1. The number of nitrogens with two attached hydrogens (primary N) is 1. The predicted molar refractivity (Wildman–Crippen MR) is 134 cm³/mol. The molecule has 0 aliphatic carbocycles. The van der Waals surface area contributed by atoms with Crippen LogP contribution in [0.3, 0.4) is 0 Å². The summed E-state index contributed by atoms with van der Waals surface area (Å²) in [5.74, 6) is -3.10. The number of amides is 4. The molecule has 0 heterocycles. The number of alkyl carbamates (subject to hydrolysis) is 1. The van der Waals surface area contributed by atoms with Gasteiger partial charge in [-0.2, -0.15) is 5.26 Å². The zero-order chi connectivity index (χ0) is 28.9. The Bertz CT molecular complexity index is 1050. The van der Waals surface area contributed by atoms with Gasteiger partial charge in [0.1, 0.15) is 30.0 Å². The second-order valence-corrected chi connectivity index (χ2v) is 9.17. The van der Waals surface area contributed by atoms with Gasteiger partial charge in [0.15, 0.2) is 0 Å². The van der Waals surface area contributed by atoms with E-state index in [1.54, 1.807) is 27.7 Å². The van der Waals surface area contributed by atoms with Crippen LogP contribution in [0.2, 0.25) is 0 Å². The molecule has 0 radical (unpaired) electrons. The van der Waals surface area contributed by atoms with Gasteiger partial charge in [0.05, 0.1) is 19.1 Å². The summed E-state index contributed by atoms with van der Waals surface area (Å²) < 4.78 is 10.0. The lowest BCUT2D eigenvalue weighted by Gasteiger charge is -2.33. The molecule has 0 aromatic heterocycles. The van der Waals surface area contributed by atoms with E-state index in [1.165, 1.54) is 24.3 Å². The fourth-order valence-electron chi connectivity index (χ4n) is 3.35. The Kier molecular flexibility index (Phi) is 12.5. The third-order valence-corrected chi connectivity index (χ3v) is 4.87. The maximum Gasteiger partial charge on any atom is 0.408 e. The van der Waals surface area contributed by atoms with Gasteiger partial charge < -0.3 is 35.8 Å². The number of nitrogens with one attached hydrogen (secondary N) is 2. The van der Waals surface area contributed by atoms with Crippen LogP contribution in [0.25, 0.3) is 0 Å². The molecule has 0 fully saturated rings. The third-order valence-electron chi connectivity index (χ3n) is 4.87. The highest BCUT2D eigenvalue weighted by atomic mass is 16.6. The van der Waals surface area contributed by atoms with Crippen LogP contribution in [0, 0.1) is 11.3 Å². The van der Waals surface area contributed by atoms with E-state index >= 15 is 0 Å². The van der Waals surface area contributed by atoms with Crippen molar-refractivity contribution in [2.75, 3.05) is 19.7 Å². The number of benzene rings is 1. The molecule has 2 atom stereocenters. The number of aromatic hydroxyl groups is 1. The topological polar surface area (TPSA) is 201 Å². The number of primary amides is 1. The van der Waals surface area contributed by atoms with Crippen LogP contribution in [-0.4, -0.2) is 71.1 Å². The van der Waals surface area contributed by atoms with Crippen molar-refractivity contribution in [1.82, 2.24) is 15.5 Å². The Morgan fingerprint density at radius 2 is 1.87 bits per heavy atom. The standard InChI is InChI=1S/C25H35N5O8/c1-5-37-20(33)11-13-28-22(34)21(16-7-6-8-17(31)15-16)30(14-12-26)23(35)18(9-10-19(27)32)29-24(36)38-25(2,3)4/h6-8,15,18,21,31H,5,9-11,13-14H2,1-4H3,(H2,27,32)(H,28,34)(H,29,36). The Balaban J connectivity index is 3.37. The fourth-order valence-corrected chi connectivity index (χ4v) is 3.35. The lowest BCUT2D eigenvalue weighted by molar-refractivity contribution is -0.144. The van der Waals surface area contributed by atoms with Crippen molar-refractivity contribution >= 4 is 29.8 Å². The van der Waals surface area contributed by atoms with E-state index in [0.29, 0.717) is 0 Å². The minimum absolute atomic E-state index is 0.122. The van der Waals surface area contributed by atoms with E-state index in [0.717, 1.165) is 4.90 Å². The number of rotatable bonds is 13. The first-order chi connectivity index (χ1) is 17.8. The van der Waals surface area contributed by atoms with Crippen LogP contribution >= 0.6 is 0 Å². The summed E-state index contributed by atoms with van der Waals surface area (Å²) in [6.45, 7) is 5.95. The highest BCUT2D eigenvalue weighted by Gasteiger charge is 2.36. The van der Waals surface area contributed by atoms with Crippen molar-refractivity contribution in [3.63, 3.8) is 0 Å². The zero-order valence-electron chi connectivity index (χ0n) is 22.0. The number of hydrogen-bond acceptors (Lipinski definition) is 9. The largest absolute Gasteiger partial charge is 0.508 e. The van der Waals surface area contributed by atoms with Crippen LogP contribution < -0.4 is 16.4 Å². The first kappa shape index (κ1) is 31.7. The van der Waals surface area contributed by atoms with Crippen molar-refractivity contribution < 1.29 is 38.6 Å². The van der Waals surface area contributed by atoms with Gasteiger partial charge >= 0.3 is 12.1 Å². The second-order valence-electron chi connectivity index (χ2n) is 9.17. The lowest BCUT2D eigenvalue weighted by Crippen LogP contribution is -2.53. The number of carbonyl (C=O) groups excluding carboxylic acids is 5. The number of nitriles is 1. The van der Waals surface area contributed by atoms with Gasteiger partial charge in [0.2, 0.25) is 17.7 Å². The molecular formula is C25H35N5O8. The molecule has 0 saturated carbocycles. The molecule has 0 saturated heterocycles. The van der Waals surface area contributed by atoms with Crippen LogP contribution in [0.5, 0.6) is 5.75 Å². The minimum Gasteiger partial charge on any atom is -0.508 e. The molecule has 38 heavy (non-hydrogen) atoms. The molecule has 1 rings (SSSR count). The van der Waals surface area contributed by atoms with Gasteiger partial charge in [-0.15, -0.1) is 0 Å². The van der Waals surface area contributed by atoms with Crippen molar-refractivity contribution in [3.8, 4) is 11.8 Å². The molecule has 1 aromatic rings. The molecule has 4 amide bonds.